The predicted octanol–water partition coefficient (Wildman–Crippen LogP) is 4.02. The first-order valence-electron chi connectivity index (χ1n) is 10.5. The van der Waals surface area contributed by atoms with Gasteiger partial charge in [-0.2, -0.15) is 0 Å². The van der Waals surface area contributed by atoms with Crippen LogP contribution in [0.15, 0.2) is 58.4 Å². The number of anilines is 1. The monoisotopic (exact) mass is 480 g/mol. The molecule has 7 nitrogen and oxygen atoms in total. The average molecular weight is 481 g/mol. The zero-order chi connectivity index (χ0) is 23.5. The SMILES string of the molecule is COCCNc1nc2c(C)cccn2c(=O)c1/C=C1\SC(=S)N(C(C)c2ccccc2)C1=O. The van der Waals surface area contributed by atoms with E-state index in [4.69, 9.17) is 17.0 Å². The lowest BCUT2D eigenvalue weighted by Gasteiger charge is -2.23. The second-order valence-electron chi connectivity index (χ2n) is 7.62. The van der Waals surface area contributed by atoms with Gasteiger partial charge in [0, 0.05) is 19.9 Å². The fraction of sp³-hybridized carbons (Fsp3) is 0.250. The molecule has 1 atom stereocenters. The molecule has 1 N–H and O–H groups in total. The van der Waals surface area contributed by atoms with Crippen molar-refractivity contribution in [2.45, 2.75) is 19.9 Å². The summed E-state index contributed by atoms with van der Waals surface area (Å²) in [6.07, 6.45) is 3.27. The van der Waals surface area contributed by atoms with Gasteiger partial charge in [0.2, 0.25) is 0 Å². The van der Waals surface area contributed by atoms with Crippen molar-refractivity contribution in [1.29, 1.82) is 0 Å². The predicted molar refractivity (Wildman–Crippen MR) is 136 cm³/mol. The Balaban J connectivity index is 1.77. The molecule has 1 aliphatic rings. The number of aromatic nitrogens is 2. The number of benzene rings is 1. The van der Waals surface area contributed by atoms with Gasteiger partial charge in [0.25, 0.3) is 11.5 Å². The number of thioether (sulfide) groups is 1. The van der Waals surface area contributed by atoms with Gasteiger partial charge >= 0.3 is 0 Å². The first-order chi connectivity index (χ1) is 15.9. The number of carbonyl (C=O) groups excluding carboxylic acids is 1. The molecule has 1 fully saturated rings. The topological polar surface area (TPSA) is 75.9 Å². The van der Waals surface area contributed by atoms with Crippen molar-refractivity contribution >= 4 is 51.7 Å². The highest BCUT2D eigenvalue weighted by molar-refractivity contribution is 8.26. The van der Waals surface area contributed by atoms with E-state index in [0.717, 1.165) is 11.1 Å². The third-order valence-electron chi connectivity index (χ3n) is 5.45. The van der Waals surface area contributed by atoms with E-state index >= 15 is 0 Å². The number of nitrogens with one attached hydrogen (secondary N) is 1. The van der Waals surface area contributed by atoms with Crippen LogP contribution in [0.25, 0.3) is 11.7 Å². The minimum Gasteiger partial charge on any atom is -0.383 e. The minimum atomic E-state index is -0.259. The summed E-state index contributed by atoms with van der Waals surface area (Å²) in [6.45, 7) is 4.76. The molecular weight excluding hydrogens is 456 g/mol. The van der Waals surface area contributed by atoms with Crippen molar-refractivity contribution in [3.63, 3.8) is 0 Å². The molecule has 33 heavy (non-hydrogen) atoms. The maximum absolute atomic E-state index is 13.4. The number of ether oxygens (including phenoxy) is 1. The lowest BCUT2D eigenvalue weighted by molar-refractivity contribution is -0.123. The number of amides is 1. The van der Waals surface area contributed by atoms with Gasteiger partial charge < -0.3 is 10.1 Å². The summed E-state index contributed by atoms with van der Waals surface area (Å²) < 4.78 is 7.08. The number of hydrogen-bond donors (Lipinski definition) is 1. The van der Waals surface area contributed by atoms with Crippen LogP contribution in [0.1, 0.15) is 29.7 Å². The molecule has 1 unspecified atom stereocenters. The van der Waals surface area contributed by atoms with Gasteiger partial charge in [0.05, 0.1) is 23.1 Å². The number of hydrogen-bond acceptors (Lipinski definition) is 7. The Morgan fingerprint density at radius 1 is 1.21 bits per heavy atom. The van der Waals surface area contributed by atoms with Crippen molar-refractivity contribution in [1.82, 2.24) is 14.3 Å². The Labute approximate surface area is 201 Å². The molecule has 0 radical (unpaired) electrons. The van der Waals surface area contributed by atoms with E-state index in [-0.39, 0.29) is 17.5 Å². The van der Waals surface area contributed by atoms with Crippen LogP contribution in [0.3, 0.4) is 0 Å². The molecular formula is C24H24N4O3S2. The number of pyridine rings is 1. The molecule has 3 heterocycles. The van der Waals surface area contributed by atoms with E-state index in [1.54, 1.807) is 30.3 Å². The van der Waals surface area contributed by atoms with Crippen molar-refractivity contribution in [3.8, 4) is 0 Å². The van der Waals surface area contributed by atoms with Crippen molar-refractivity contribution in [2.24, 2.45) is 0 Å². The highest BCUT2D eigenvalue weighted by Gasteiger charge is 2.36. The Hall–Kier alpha value is -3.01. The van der Waals surface area contributed by atoms with E-state index in [2.05, 4.69) is 10.3 Å². The molecule has 1 amide bonds. The lowest BCUT2D eigenvalue weighted by atomic mass is 10.1. The molecule has 0 bridgehead atoms. The molecule has 0 spiro atoms. The summed E-state index contributed by atoms with van der Waals surface area (Å²) in [4.78, 5) is 33.4. The normalized spacial score (nSPS) is 16.1. The van der Waals surface area contributed by atoms with E-state index in [9.17, 15) is 9.59 Å². The van der Waals surface area contributed by atoms with Crippen LogP contribution < -0.4 is 10.9 Å². The number of carbonyl (C=O) groups is 1. The third kappa shape index (κ3) is 4.57. The number of nitrogens with zero attached hydrogens (tertiary/aromatic N) is 3. The molecule has 0 aliphatic carbocycles. The van der Waals surface area contributed by atoms with Crippen LogP contribution in [0.2, 0.25) is 0 Å². The molecule has 2 aromatic heterocycles. The maximum Gasteiger partial charge on any atom is 0.267 e. The second-order valence-corrected chi connectivity index (χ2v) is 9.30. The summed E-state index contributed by atoms with van der Waals surface area (Å²) in [7, 11) is 1.61. The smallest absolute Gasteiger partial charge is 0.267 e. The summed E-state index contributed by atoms with van der Waals surface area (Å²) >= 11 is 6.72. The van der Waals surface area contributed by atoms with E-state index in [1.807, 2.05) is 50.2 Å². The van der Waals surface area contributed by atoms with E-state index < -0.39 is 0 Å². The third-order valence-corrected chi connectivity index (χ3v) is 6.78. The molecule has 9 heteroatoms. The van der Waals surface area contributed by atoms with Gasteiger partial charge in [-0.1, -0.05) is 60.4 Å². The second kappa shape index (κ2) is 9.86. The summed E-state index contributed by atoms with van der Waals surface area (Å²) in [5.74, 6) is 0.186. The van der Waals surface area contributed by atoms with Gasteiger partial charge in [0.1, 0.15) is 15.8 Å². The quantitative estimate of drug-likeness (QED) is 0.311. The molecule has 1 aliphatic heterocycles. The average Bonchev–Trinajstić information content (AvgIpc) is 3.09. The number of rotatable bonds is 7. The molecule has 1 aromatic carbocycles. The van der Waals surface area contributed by atoms with Crippen molar-refractivity contribution in [2.75, 3.05) is 25.6 Å². The highest BCUT2D eigenvalue weighted by Crippen LogP contribution is 2.38. The Bertz CT molecular complexity index is 1300. The lowest BCUT2D eigenvalue weighted by Crippen LogP contribution is -2.31. The fourth-order valence-corrected chi connectivity index (χ4v) is 5.07. The number of thiocarbonyl (C=S) groups is 1. The van der Waals surface area contributed by atoms with Crippen LogP contribution in [-0.2, 0) is 9.53 Å². The standard InChI is InChI=1S/C24H24N4O3S2/c1-15-8-7-12-27-21(15)26-20(25-11-13-31-3)18(22(27)29)14-19-23(30)28(24(32)33-19)16(2)17-9-5-4-6-10-17/h4-10,12,14,16,25H,11,13H2,1-3H3/b19-14-. The zero-order valence-corrected chi connectivity index (χ0v) is 20.2. The Morgan fingerprint density at radius 3 is 2.70 bits per heavy atom. The van der Waals surface area contributed by atoms with Gasteiger partial charge in [-0.15, -0.1) is 0 Å². The number of methoxy groups -OCH3 is 1. The molecule has 3 aromatic rings. The molecule has 1 saturated heterocycles. The molecule has 0 saturated carbocycles. The summed E-state index contributed by atoms with van der Waals surface area (Å²) in [6, 6.07) is 13.2. The van der Waals surface area contributed by atoms with E-state index in [1.165, 1.54) is 16.2 Å². The number of aryl methyl sites for hydroxylation is 1. The Kier molecular flexibility index (Phi) is 6.92. The van der Waals surface area contributed by atoms with Gasteiger partial charge in [0.15, 0.2) is 0 Å². The van der Waals surface area contributed by atoms with Crippen LogP contribution >= 0.6 is 24.0 Å². The first kappa shape index (κ1) is 23.2. The van der Waals surface area contributed by atoms with Gasteiger partial charge in [-0.05, 0) is 37.1 Å². The summed E-state index contributed by atoms with van der Waals surface area (Å²) in [5, 5.41) is 3.17. The summed E-state index contributed by atoms with van der Waals surface area (Å²) in [5.41, 5.74) is 2.47. The highest BCUT2D eigenvalue weighted by atomic mass is 32.2. The van der Waals surface area contributed by atoms with Crippen LogP contribution in [-0.4, -0.2) is 44.8 Å². The zero-order valence-electron chi connectivity index (χ0n) is 18.6. The van der Waals surface area contributed by atoms with E-state index in [0.29, 0.717) is 39.4 Å². The Morgan fingerprint density at radius 2 is 1.97 bits per heavy atom. The largest absolute Gasteiger partial charge is 0.383 e. The fourth-order valence-electron chi connectivity index (χ4n) is 3.67. The first-order valence-corrected chi connectivity index (χ1v) is 11.7. The maximum atomic E-state index is 13.4. The van der Waals surface area contributed by atoms with Crippen molar-refractivity contribution in [3.05, 3.63) is 80.6 Å². The van der Waals surface area contributed by atoms with Crippen LogP contribution in [0, 0.1) is 6.92 Å². The number of fused-ring (bicyclic) bond motifs is 1. The van der Waals surface area contributed by atoms with Gasteiger partial charge in [-0.3, -0.25) is 18.9 Å². The molecule has 170 valence electrons. The van der Waals surface area contributed by atoms with Crippen LogP contribution in [0.5, 0.6) is 0 Å². The van der Waals surface area contributed by atoms with Crippen molar-refractivity contribution < 1.29 is 9.53 Å². The van der Waals surface area contributed by atoms with Crippen LogP contribution in [0.4, 0.5) is 5.82 Å². The minimum absolute atomic E-state index is 0.220. The van der Waals surface area contributed by atoms with Gasteiger partial charge in [-0.25, -0.2) is 4.98 Å². The molecule has 4 rings (SSSR count).